The first-order valence-corrected chi connectivity index (χ1v) is 51.4. The van der Waals surface area contributed by atoms with Crippen molar-refractivity contribution in [2.75, 3.05) is 7.11 Å². The van der Waals surface area contributed by atoms with Crippen LogP contribution >= 0.6 is 0 Å². The van der Waals surface area contributed by atoms with Crippen molar-refractivity contribution in [2.45, 2.75) is 649 Å². The number of esters is 1. The Balaban J connectivity index is 3.10. The van der Waals surface area contributed by atoms with Crippen LogP contribution in [0.25, 0.3) is 0 Å². The van der Waals surface area contributed by atoms with Gasteiger partial charge in [0.2, 0.25) is 0 Å². The molecule has 0 unspecified atom stereocenters. The minimum absolute atomic E-state index is 0.0562. The minimum atomic E-state index is -0.0562. The molecule has 0 heterocycles. The molecule has 0 radical (unpaired) electrons. The molecule has 0 rings (SSSR count). The van der Waals surface area contributed by atoms with Crippen molar-refractivity contribution in [2.24, 2.45) is 0 Å². The second-order valence-electron chi connectivity index (χ2n) is 36.0. The Morgan fingerprint density at radius 2 is 0.190 bits per heavy atom. The van der Waals surface area contributed by atoms with E-state index in [1.54, 1.807) is 0 Å². The second kappa shape index (κ2) is 101. The highest BCUT2D eigenvalue weighted by atomic mass is 16.5. The number of hydrogen-bond acceptors (Lipinski definition) is 2. The Labute approximate surface area is 667 Å². The zero-order valence-corrected chi connectivity index (χ0v) is 74.0. The van der Waals surface area contributed by atoms with Crippen LogP contribution in [0.15, 0.2) is 0 Å². The molecular formula is C103H206O2. The molecule has 0 saturated heterocycles. The van der Waals surface area contributed by atoms with Gasteiger partial charge in [-0.3, -0.25) is 4.79 Å². The highest BCUT2D eigenvalue weighted by Crippen LogP contribution is 2.24. The van der Waals surface area contributed by atoms with E-state index in [0.717, 1.165) is 6.42 Å². The van der Waals surface area contributed by atoms with Crippen molar-refractivity contribution < 1.29 is 9.53 Å². The molecule has 0 aromatic heterocycles. The van der Waals surface area contributed by atoms with Gasteiger partial charge >= 0.3 is 5.97 Å². The van der Waals surface area contributed by atoms with E-state index in [-0.39, 0.29) is 5.97 Å². The highest BCUT2D eigenvalue weighted by molar-refractivity contribution is 5.68. The van der Waals surface area contributed by atoms with E-state index >= 15 is 0 Å². The van der Waals surface area contributed by atoms with Crippen LogP contribution in [0.4, 0.5) is 0 Å². The normalized spacial score (nSPS) is 11.8. The summed E-state index contributed by atoms with van der Waals surface area (Å²) in [5, 5.41) is 0. The third-order valence-electron chi connectivity index (χ3n) is 25.2. The Morgan fingerprint density at radius 1 is 0.124 bits per heavy atom. The molecule has 0 atom stereocenters. The molecule has 0 aromatic rings. The molecule has 0 aromatic carbocycles. The van der Waals surface area contributed by atoms with E-state index < -0.39 is 0 Å². The number of rotatable bonds is 100. The third-order valence-corrected chi connectivity index (χ3v) is 25.2. The summed E-state index contributed by atoms with van der Waals surface area (Å²) in [7, 11) is 1.49. The largest absolute Gasteiger partial charge is 0.469 e. The summed E-state index contributed by atoms with van der Waals surface area (Å²) < 4.78 is 4.71. The number of carbonyl (C=O) groups is 1. The summed E-state index contributed by atoms with van der Waals surface area (Å²) >= 11 is 0. The molecule has 0 amide bonds. The van der Waals surface area contributed by atoms with Crippen LogP contribution < -0.4 is 0 Å². The van der Waals surface area contributed by atoms with E-state index in [4.69, 9.17) is 4.74 Å². The Hall–Kier alpha value is -0.530. The van der Waals surface area contributed by atoms with Crippen LogP contribution in [0.5, 0.6) is 0 Å². The lowest BCUT2D eigenvalue weighted by Gasteiger charge is -2.05. The lowest BCUT2D eigenvalue weighted by molar-refractivity contribution is -0.140. The fourth-order valence-corrected chi connectivity index (χ4v) is 17.6. The quantitative estimate of drug-likeness (QED) is 0.0448. The number of hydrogen-bond donors (Lipinski definition) is 0. The molecule has 0 aliphatic carbocycles. The van der Waals surface area contributed by atoms with Crippen LogP contribution in [-0.2, 0) is 9.53 Å². The van der Waals surface area contributed by atoms with Crippen LogP contribution in [-0.4, -0.2) is 13.1 Å². The van der Waals surface area contributed by atoms with E-state index in [0.29, 0.717) is 6.42 Å². The van der Waals surface area contributed by atoms with Gasteiger partial charge in [-0.15, -0.1) is 0 Å². The Bertz CT molecular complexity index is 1450. The summed E-state index contributed by atoms with van der Waals surface area (Å²) in [6, 6.07) is 0. The number of ether oxygens (including phenoxy) is 1. The fraction of sp³-hybridized carbons (Fsp3) is 0.990. The molecule has 0 aliphatic heterocycles. The summed E-state index contributed by atoms with van der Waals surface area (Å²) in [5.74, 6) is -0.0562. The number of methoxy groups -OCH3 is 1. The molecule has 2 nitrogen and oxygen atoms in total. The van der Waals surface area contributed by atoms with Gasteiger partial charge in [0, 0.05) is 6.42 Å². The second-order valence-corrected chi connectivity index (χ2v) is 36.0. The van der Waals surface area contributed by atoms with Crippen molar-refractivity contribution in [1.29, 1.82) is 0 Å². The first-order chi connectivity index (χ1) is 52.3. The van der Waals surface area contributed by atoms with Crippen LogP contribution in [0.3, 0.4) is 0 Å². The topological polar surface area (TPSA) is 26.3 Å². The molecule has 105 heavy (non-hydrogen) atoms. The number of carbonyl (C=O) groups excluding carboxylic acids is 1. The maximum atomic E-state index is 11.2. The fourth-order valence-electron chi connectivity index (χ4n) is 17.6. The molecular weight excluding hydrogens is 1270 g/mol. The zero-order chi connectivity index (χ0) is 75.0. The lowest BCUT2D eigenvalue weighted by atomic mass is 10.0. The smallest absolute Gasteiger partial charge is 0.305 e. The van der Waals surface area contributed by atoms with Crippen LogP contribution in [0.1, 0.15) is 649 Å². The maximum absolute atomic E-state index is 11.2. The average Bonchev–Trinajstić information content (AvgIpc) is 3.84. The first kappa shape index (κ1) is 104. The molecule has 0 fully saturated rings. The van der Waals surface area contributed by atoms with Gasteiger partial charge in [0.15, 0.2) is 0 Å². The summed E-state index contributed by atoms with van der Waals surface area (Å²) in [5.41, 5.74) is 0. The van der Waals surface area contributed by atoms with Crippen LogP contribution in [0, 0.1) is 0 Å². The lowest BCUT2D eigenvalue weighted by Crippen LogP contribution is -1.99. The number of unbranched alkanes of at least 4 members (excludes halogenated alkanes) is 98. The SMILES string of the molecule is CCCCCCCCCCCCCCCCCCCCCCCCCCCCCCCCCCCCCCCCCCCCCCCCCCCCCCCCCCCCCCCCCCCCCCCCCCCCCCCCCCCCCCCCCCCCCCCCCCCCCC(=O)OC. The van der Waals surface area contributed by atoms with E-state index in [2.05, 4.69) is 6.92 Å². The van der Waals surface area contributed by atoms with Gasteiger partial charge in [-0.2, -0.15) is 0 Å². The van der Waals surface area contributed by atoms with Crippen molar-refractivity contribution in [1.82, 2.24) is 0 Å². The van der Waals surface area contributed by atoms with Crippen LogP contribution in [0.2, 0.25) is 0 Å². The van der Waals surface area contributed by atoms with Gasteiger partial charge in [0.1, 0.15) is 0 Å². The van der Waals surface area contributed by atoms with E-state index in [1.165, 1.54) is 636 Å². The maximum Gasteiger partial charge on any atom is 0.305 e. The van der Waals surface area contributed by atoms with Crippen molar-refractivity contribution in [3.63, 3.8) is 0 Å². The van der Waals surface area contributed by atoms with Crippen molar-refractivity contribution >= 4 is 5.97 Å². The predicted molar refractivity (Wildman–Crippen MR) is 479 cm³/mol. The molecule has 0 saturated carbocycles. The molecule has 0 spiro atoms. The minimum Gasteiger partial charge on any atom is -0.469 e. The zero-order valence-electron chi connectivity index (χ0n) is 74.0. The van der Waals surface area contributed by atoms with Gasteiger partial charge in [0.25, 0.3) is 0 Å². The van der Waals surface area contributed by atoms with E-state index in [9.17, 15) is 4.79 Å². The van der Waals surface area contributed by atoms with Gasteiger partial charge in [-0.1, -0.05) is 636 Å². The monoisotopic (exact) mass is 1480 g/mol. The Kier molecular flexibility index (Phi) is 101. The molecule has 630 valence electrons. The van der Waals surface area contributed by atoms with Gasteiger partial charge < -0.3 is 4.74 Å². The Morgan fingerprint density at radius 3 is 0.257 bits per heavy atom. The molecule has 2 heteroatoms. The van der Waals surface area contributed by atoms with Crippen molar-refractivity contribution in [3.05, 3.63) is 0 Å². The summed E-state index contributed by atoms with van der Waals surface area (Å²) in [6.45, 7) is 2.32. The summed E-state index contributed by atoms with van der Waals surface area (Å²) in [4.78, 5) is 11.2. The highest BCUT2D eigenvalue weighted by Gasteiger charge is 2.05. The third kappa shape index (κ3) is 101. The predicted octanol–water partition coefficient (Wildman–Crippen LogP) is 39.2. The molecule has 0 aliphatic rings. The van der Waals surface area contributed by atoms with Gasteiger partial charge in [0.05, 0.1) is 7.11 Å². The van der Waals surface area contributed by atoms with Crippen molar-refractivity contribution in [3.8, 4) is 0 Å². The first-order valence-electron chi connectivity index (χ1n) is 51.4. The van der Waals surface area contributed by atoms with Gasteiger partial charge in [-0.05, 0) is 6.42 Å². The average molecular weight is 1480 g/mol. The molecule has 0 bridgehead atoms. The summed E-state index contributed by atoms with van der Waals surface area (Å²) in [6.07, 6.45) is 147. The van der Waals surface area contributed by atoms with E-state index in [1.807, 2.05) is 0 Å². The standard InChI is InChI=1S/C103H206O2/c1-3-4-5-6-7-8-9-10-11-12-13-14-15-16-17-18-19-20-21-22-23-24-25-26-27-28-29-30-31-32-33-34-35-36-37-38-39-40-41-42-43-44-45-46-47-48-49-50-51-52-53-54-55-56-57-58-59-60-61-62-63-64-65-66-67-68-69-70-71-72-73-74-75-76-77-78-79-80-81-82-83-84-85-86-87-88-89-90-91-92-93-94-95-96-97-98-99-100-101-102-103(104)105-2/h3-102H2,1-2H3. The molecule has 0 N–H and O–H groups in total. The van der Waals surface area contributed by atoms with Gasteiger partial charge in [-0.25, -0.2) is 0 Å².